The molecule has 3 aromatic rings. The molecular formula is C22H19BrO3S. The van der Waals surface area contributed by atoms with E-state index < -0.39 is 0 Å². The van der Waals surface area contributed by atoms with Crippen molar-refractivity contribution in [3.05, 3.63) is 80.5 Å². The van der Waals surface area contributed by atoms with Crippen molar-refractivity contribution >= 4 is 27.3 Å². The van der Waals surface area contributed by atoms with Gasteiger partial charge in [0, 0.05) is 4.47 Å². The normalized spacial score (nSPS) is 11.4. The fourth-order valence-corrected chi connectivity index (χ4v) is 3.53. The molecule has 0 aliphatic carbocycles. The van der Waals surface area contributed by atoms with Crippen molar-refractivity contribution in [3.63, 3.8) is 0 Å². The monoisotopic (exact) mass is 442 g/mol. The molecule has 1 atom stereocenters. The van der Waals surface area contributed by atoms with E-state index in [0.717, 1.165) is 20.5 Å². The Balaban J connectivity index is 1.83. The Morgan fingerprint density at radius 3 is 2.41 bits per heavy atom. The summed E-state index contributed by atoms with van der Waals surface area (Å²) >= 11 is 5.20. The summed E-state index contributed by atoms with van der Waals surface area (Å²) in [5, 5.41) is 2.02. The second kappa shape index (κ2) is 9.61. The van der Waals surface area contributed by atoms with Crippen molar-refractivity contribution in [1.29, 1.82) is 0 Å². The highest BCUT2D eigenvalue weighted by atomic mass is 79.9. The minimum absolute atomic E-state index is 0.326. The molecule has 0 fully saturated rings. The van der Waals surface area contributed by atoms with E-state index >= 15 is 0 Å². The minimum Gasteiger partial charge on any atom is -0.493 e. The molecule has 0 radical (unpaired) electrons. The summed E-state index contributed by atoms with van der Waals surface area (Å²) in [6.45, 7) is 0.389. The molecule has 0 aliphatic heterocycles. The fraction of sp³-hybridized carbons (Fsp3) is 0.182. The summed E-state index contributed by atoms with van der Waals surface area (Å²) in [6, 6.07) is 17.8. The van der Waals surface area contributed by atoms with E-state index in [2.05, 4.69) is 27.8 Å². The van der Waals surface area contributed by atoms with Gasteiger partial charge in [0.1, 0.15) is 6.10 Å². The molecule has 0 N–H and O–H groups in total. The third kappa shape index (κ3) is 5.14. The largest absolute Gasteiger partial charge is 0.493 e. The zero-order chi connectivity index (χ0) is 19.1. The van der Waals surface area contributed by atoms with E-state index in [4.69, 9.17) is 14.2 Å². The molecule has 1 aromatic heterocycles. The van der Waals surface area contributed by atoms with Gasteiger partial charge in [0.2, 0.25) is 0 Å². The van der Waals surface area contributed by atoms with Crippen LogP contribution in [0.3, 0.4) is 0 Å². The summed E-state index contributed by atoms with van der Waals surface area (Å²) in [5.41, 5.74) is 1.99. The van der Waals surface area contributed by atoms with Crippen LogP contribution in [0.5, 0.6) is 11.5 Å². The average molecular weight is 443 g/mol. The number of benzene rings is 2. The Morgan fingerprint density at radius 1 is 1.00 bits per heavy atom. The fourth-order valence-electron chi connectivity index (χ4n) is 2.52. The molecular weight excluding hydrogens is 424 g/mol. The van der Waals surface area contributed by atoms with Gasteiger partial charge in [0.15, 0.2) is 11.5 Å². The molecule has 138 valence electrons. The summed E-state index contributed by atoms with van der Waals surface area (Å²) < 4.78 is 17.8. The Morgan fingerprint density at radius 2 is 1.74 bits per heavy atom. The first-order valence-corrected chi connectivity index (χ1v) is 10.0. The van der Waals surface area contributed by atoms with Crippen molar-refractivity contribution < 1.29 is 14.2 Å². The molecule has 2 aromatic carbocycles. The first-order chi connectivity index (χ1) is 13.2. The maximum absolute atomic E-state index is 6.17. The predicted molar refractivity (Wildman–Crippen MR) is 112 cm³/mol. The Kier molecular flexibility index (Phi) is 6.94. The Bertz CT molecular complexity index is 927. The van der Waals surface area contributed by atoms with E-state index in [1.165, 1.54) is 0 Å². The zero-order valence-electron chi connectivity index (χ0n) is 15.1. The van der Waals surface area contributed by atoms with Gasteiger partial charge in [-0.3, -0.25) is 0 Å². The van der Waals surface area contributed by atoms with Crippen molar-refractivity contribution in [1.82, 2.24) is 0 Å². The van der Waals surface area contributed by atoms with Gasteiger partial charge in [-0.05, 0) is 34.7 Å². The SMILES string of the molecule is COc1cc(Br)c(COC(C#Cc2cccs2)c2ccccc2)cc1OC. The van der Waals surface area contributed by atoms with Crippen LogP contribution in [0.1, 0.15) is 22.1 Å². The topological polar surface area (TPSA) is 27.7 Å². The highest BCUT2D eigenvalue weighted by Gasteiger charge is 2.13. The maximum atomic E-state index is 6.17. The lowest BCUT2D eigenvalue weighted by molar-refractivity contribution is 0.0776. The van der Waals surface area contributed by atoms with Crippen LogP contribution in [-0.2, 0) is 11.3 Å². The molecule has 3 rings (SSSR count). The summed E-state index contributed by atoms with van der Waals surface area (Å²) in [7, 11) is 3.24. The van der Waals surface area contributed by atoms with Crippen LogP contribution in [0.4, 0.5) is 0 Å². The molecule has 0 aliphatic rings. The maximum Gasteiger partial charge on any atom is 0.161 e. The molecule has 5 heteroatoms. The van der Waals surface area contributed by atoms with E-state index in [-0.39, 0.29) is 6.10 Å². The minimum atomic E-state index is -0.326. The van der Waals surface area contributed by atoms with E-state index in [1.807, 2.05) is 60.0 Å². The summed E-state index contributed by atoms with van der Waals surface area (Å²) in [6.07, 6.45) is -0.326. The molecule has 1 heterocycles. The van der Waals surface area contributed by atoms with Crippen LogP contribution in [-0.4, -0.2) is 14.2 Å². The van der Waals surface area contributed by atoms with Gasteiger partial charge in [-0.15, -0.1) is 11.3 Å². The second-order valence-corrected chi connectivity index (χ2v) is 7.45. The highest BCUT2D eigenvalue weighted by molar-refractivity contribution is 9.10. The molecule has 3 nitrogen and oxygen atoms in total. The molecule has 27 heavy (non-hydrogen) atoms. The van der Waals surface area contributed by atoms with Crippen LogP contribution in [0.2, 0.25) is 0 Å². The average Bonchev–Trinajstić information content (AvgIpc) is 3.23. The first-order valence-electron chi connectivity index (χ1n) is 8.33. The standard InChI is InChI=1S/C22H19BrO3S/c1-24-21-13-17(19(23)14-22(21)25-2)15-26-20(16-7-4-3-5-8-16)11-10-18-9-6-12-27-18/h3-9,12-14,20H,15H2,1-2H3. The number of ether oxygens (including phenoxy) is 3. The molecule has 0 spiro atoms. The lowest BCUT2D eigenvalue weighted by atomic mass is 10.1. The smallest absolute Gasteiger partial charge is 0.161 e. The van der Waals surface area contributed by atoms with Gasteiger partial charge >= 0.3 is 0 Å². The third-order valence-electron chi connectivity index (χ3n) is 3.91. The van der Waals surface area contributed by atoms with Crippen LogP contribution in [0, 0.1) is 11.8 Å². The second-order valence-electron chi connectivity index (χ2n) is 5.65. The predicted octanol–water partition coefficient (Wildman–Crippen LogP) is 5.84. The van der Waals surface area contributed by atoms with E-state index in [9.17, 15) is 0 Å². The van der Waals surface area contributed by atoms with E-state index in [0.29, 0.717) is 18.1 Å². The van der Waals surface area contributed by atoms with Crippen LogP contribution < -0.4 is 9.47 Å². The molecule has 0 bridgehead atoms. The molecule has 1 unspecified atom stereocenters. The van der Waals surface area contributed by atoms with Crippen LogP contribution >= 0.6 is 27.3 Å². The van der Waals surface area contributed by atoms with Gasteiger partial charge in [-0.25, -0.2) is 0 Å². The third-order valence-corrected chi connectivity index (χ3v) is 5.43. The molecule has 0 amide bonds. The van der Waals surface area contributed by atoms with Gasteiger partial charge in [-0.2, -0.15) is 0 Å². The van der Waals surface area contributed by atoms with E-state index in [1.54, 1.807) is 25.6 Å². The lowest BCUT2D eigenvalue weighted by Gasteiger charge is -2.15. The Hall–Kier alpha value is -2.26. The van der Waals surface area contributed by atoms with Crippen LogP contribution in [0.15, 0.2) is 64.5 Å². The molecule has 0 saturated heterocycles. The van der Waals surface area contributed by atoms with Crippen LogP contribution in [0.25, 0.3) is 0 Å². The number of hydrogen-bond acceptors (Lipinski definition) is 4. The van der Waals surface area contributed by atoms with Crippen molar-refractivity contribution in [2.45, 2.75) is 12.7 Å². The number of hydrogen-bond donors (Lipinski definition) is 0. The number of halogens is 1. The van der Waals surface area contributed by atoms with Gasteiger partial charge in [0.25, 0.3) is 0 Å². The first kappa shape index (κ1) is 19.5. The van der Waals surface area contributed by atoms with Crippen molar-refractivity contribution in [3.8, 4) is 23.3 Å². The van der Waals surface area contributed by atoms with Gasteiger partial charge in [0.05, 0.1) is 25.7 Å². The van der Waals surface area contributed by atoms with Gasteiger partial charge in [-0.1, -0.05) is 64.2 Å². The number of methoxy groups -OCH3 is 2. The number of thiophene rings is 1. The lowest BCUT2D eigenvalue weighted by Crippen LogP contribution is -2.04. The van der Waals surface area contributed by atoms with Gasteiger partial charge < -0.3 is 14.2 Å². The zero-order valence-corrected chi connectivity index (χ0v) is 17.5. The highest BCUT2D eigenvalue weighted by Crippen LogP contribution is 2.34. The van der Waals surface area contributed by atoms with Crippen molar-refractivity contribution in [2.75, 3.05) is 14.2 Å². The van der Waals surface area contributed by atoms with Crippen molar-refractivity contribution in [2.24, 2.45) is 0 Å². The summed E-state index contributed by atoms with van der Waals surface area (Å²) in [5.74, 6) is 7.79. The quantitative estimate of drug-likeness (QED) is 0.448. The number of rotatable bonds is 6. The molecule has 0 saturated carbocycles. The Labute approximate surface area is 172 Å². The summed E-state index contributed by atoms with van der Waals surface area (Å²) in [4.78, 5) is 1.02.